The van der Waals surface area contributed by atoms with Gasteiger partial charge in [0.1, 0.15) is 18.2 Å². The second-order valence-corrected chi connectivity index (χ2v) is 9.48. The van der Waals surface area contributed by atoms with Crippen LogP contribution in [0.3, 0.4) is 0 Å². The highest BCUT2D eigenvalue weighted by Gasteiger charge is 2.23. The SMILES string of the molecule is CCOOCC1CC=C(c2ccc(F)cc2)C(Cc2ccc(OCCN3CCCCC3)cc2)=C1C. The minimum atomic E-state index is -0.216. The third-order valence-electron chi connectivity index (χ3n) is 7.07. The van der Waals surface area contributed by atoms with Gasteiger partial charge in [-0.15, -0.1) is 0 Å². The Bertz CT molecular complexity index is 991. The third-order valence-corrected chi connectivity index (χ3v) is 7.07. The zero-order chi connectivity index (χ0) is 24.5. The maximum atomic E-state index is 13.6. The lowest BCUT2D eigenvalue weighted by Gasteiger charge is -2.27. The quantitative estimate of drug-likeness (QED) is 0.206. The molecule has 1 atom stereocenters. The van der Waals surface area contributed by atoms with Crippen molar-refractivity contribution in [3.05, 3.63) is 82.7 Å². The number of likely N-dealkylation sites (tertiary alicyclic amines) is 1. The van der Waals surface area contributed by atoms with Crippen LogP contribution in [0.25, 0.3) is 5.57 Å². The molecule has 0 amide bonds. The van der Waals surface area contributed by atoms with Gasteiger partial charge in [-0.25, -0.2) is 14.2 Å². The molecule has 4 rings (SSSR count). The minimum Gasteiger partial charge on any atom is -0.492 e. The molecule has 0 bridgehead atoms. The predicted molar refractivity (Wildman–Crippen MR) is 139 cm³/mol. The summed E-state index contributed by atoms with van der Waals surface area (Å²) < 4.78 is 19.6. The molecule has 0 spiro atoms. The third kappa shape index (κ3) is 7.26. The summed E-state index contributed by atoms with van der Waals surface area (Å²) in [6.45, 7) is 9.26. The molecule has 1 heterocycles. The smallest absolute Gasteiger partial charge is 0.123 e. The van der Waals surface area contributed by atoms with E-state index in [1.165, 1.54) is 66.8 Å². The molecule has 2 aromatic rings. The normalized spacial score (nSPS) is 19.1. The molecular formula is C30H38FNO3. The topological polar surface area (TPSA) is 30.9 Å². The van der Waals surface area contributed by atoms with Crippen LogP contribution in [0.5, 0.6) is 5.75 Å². The van der Waals surface area contributed by atoms with Crippen LogP contribution in [0.1, 0.15) is 50.7 Å². The molecule has 1 saturated heterocycles. The molecule has 2 aromatic carbocycles. The minimum absolute atomic E-state index is 0.216. The van der Waals surface area contributed by atoms with Gasteiger partial charge in [-0.3, -0.25) is 4.90 Å². The van der Waals surface area contributed by atoms with Crippen molar-refractivity contribution in [3.8, 4) is 5.75 Å². The second kappa shape index (κ2) is 13.0. The first kappa shape index (κ1) is 25.6. The summed E-state index contributed by atoms with van der Waals surface area (Å²) in [5.41, 5.74) is 6.02. The van der Waals surface area contributed by atoms with Gasteiger partial charge in [0.05, 0.1) is 13.2 Å². The first-order valence-electron chi connectivity index (χ1n) is 13.0. The highest BCUT2D eigenvalue weighted by atomic mass is 19.1. The van der Waals surface area contributed by atoms with E-state index in [-0.39, 0.29) is 11.7 Å². The molecule has 0 saturated carbocycles. The van der Waals surface area contributed by atoms with Crippen molar-refractivity contribution >= 4 is 5.57 Å². The average molecular weight is 480 g/mol. The van der Waals surface area contributed by atoms with Gasteiger partial charge in [0, 0.05) is 12.5 Å². The molecule has 0 radical (unpaired) electrons. The molecule has 1 aliphatic carbocycles. The van der Waals surface area contributed by atoms with Crippen molar-refractivity contribution in [2.75, 3.05) is 39.5 Å². The Hall–Kier alpha value is -2.47. The number of rotatable bonds is 11. The molecule has 5 heteroatoms. The van der Waals surface area contributed by atoms with Crippen LogP contribution in [0.4, 0.5) is 4.39 Å². The summed E-state index contributed by atoms with van der Waals surface area (Å²) in [6, 6.07) is 15.2. The van der Waals surface area contributed by atoms with Crippen LogP contribution in [0, 0.1) is 11.7 Å². The summed E-state index contributed by atoms with van der Waals surface area (Å²) in [5.74, 6) is 0.960. The van der Waals surface area contributed by atoms with Gasteiger partial charge >= 0.3 is 0 Å². The number of hydrogen-bond acceptors (Lipinski definition) is 4. The van der Waals surface area contributed by atoms with Gasteiger partial charge < -0.3 is 4.74 Å². The highest BCUT2D eigenvalue weighted by molar-refractivity contribution is 5.81. The Morgan fingerprint density at radius 2 is 1.69 bits per heavy atom. The van der Waals surface area contributed by atoms with Crippen LogP contribution in [0.2, 0.25) is 0 Å². The molecule has 1 fully saturated rings. The Balaban J connectivity index is 1.44. The van der Waals surface area contributed by atoms with E-state index in [1.54, 1.807) is 0 Å². The maximum Gasteiger partial charge on any atom is 0.123 e. The van der Waals surface area contributed by atoms with Crippen LogP contribution < -0.4 is 4.74 Å². The van der Waals surface area contributed by atoms with E-state index in [9.17, 15) is 4.39 Å². The second-order valence-electron chi connectivity index (χ2n) is 9.48. The number of allylic oxidation sites excluding steroid dienone is 3. The molecule has 0 aromatic heterocycles. The molecule has 0 N–H and O–H groups in total. The fourth-order valence-corrected chi connectivity index (χ4v) is 4.96. The number of hydrogen-bond donors (Lipinski definition) is 0. The molecular weight excluding hydrogens is 441 g/mol. The molecule has 4 nitrogen and oxygen atoms in total. The van der Waals surface area contributed by atoms with Gasteiger partial charge in [0.2, 0.25) is 0 Å². The Morgan fingerprint density at radius 1 is 0.943 bits per heavy atom. The van der Waals surface area contributed by atoms with Gasteiger partial charge in [0.15, 0.2) is 0 Å². The van der Waals surface area contributed by atoms with Crippen molar-refractivity contribution in [2.24, 2.45) is 5.92 Å². The predicted octanol–water partition coefficient (Wildman–Crippen LogP) is 6.62. The van der Waals surface area contributed by atoms with E-state index in [0.717, 1.165) is 37.3 Å². The monoisotopic (exact) mass is 479 g/mol. The van der Waals surface area contributed by atoms with E-state index < -0.39 is 0 Å². The standard InChI is InChI=1S/C30H38FNO3/c1-3-34-35-22-26-11-16-29(25-9-12-27(31)13-10-25)30(23(26)2)21-24-7-14-28(15-8-24)33-20-19-32-17-5-4-6-18-32/h7-10,12-16,26H,3-6,11,17-22H2,1-2H3. The largest absolute Gasteiger partial charge is 0.492 e. The van der Waals surface area contributed by atoms with Crippen molar-refractivity contribution in [3.63, 3.8) is 0 Å². The zero-order valence-electron chi connectivity index (χ0n) is 21.1. The number of ether oxygens (including phenoxy) is 1. The molecule has 1 unspecified atom stereocenters. The van der Waals surface area contributed by atoms with Gasteiger partial charge in [-0.05, 0) is 99.2 Å². The highest BCUT2D eigenvalue weighted by Crippen LogP contribution is 2.38. The lowest BCUT2D eigenvalue weighted by atomic mass is 9.79. The van der Waals surface area contributed by atoms with E-state index in [1.807, 2.05) is 19.1 Å². The summed E-state index contributed by atoms with van der Waals surface area (Å²) in [6.07, 6.45) is 7.89. The van der Waals surface area contributed by atoms with E-state index in [0.29, 0.717) is 13.2 Å². The Labute approximate surface area is 209 Å². The lowest BCUT2D eigenvalue weighted by molar-refractivity contribution is -0.296. The van der Waals surface area contributed by atoms with Crippen molar-refractivity contribution < 1.29 is 18.9 Å². The van der Waals surface area contributed by atoms with Crippen molar-refractivity contribution in [1.29, 1.82) is 0 Å². The van der Waals surface area contributed by atoms with E-state index in [4.69, 9.17) is 14.5 Å². The number of benzene rings is 2. The Morgan fingerprint density at radius 3 is 2.40 bits per heavy atom. The van der Waals surface area contributed by atoms with Gasteiger partial charge in [-0.1, -0.05) is 42.3 Å². The van der Waals surface area contributed by atoms with Crippen molar-refractivity contribution in [1.82, 2.24) is 4.90 Å². The first-order valence-corrected chi connectivity index (χ1v) is 13.0. The van der Waals surface area contributed by atoms with Crippen LogP contribution in [-0.4, -0.2) is 44.4 Å². The summed E-state index contributed by atoms with van der Waals surface area (Å²) in [4.78, 5) is 13.0. The van der Waals surface area contributed by atoms with E-state index in [2.05, 4.69) is 42.2 Å². The number of piperidine rings is 1. The number of nitrogens with zero attached hydrogens (tertiary/aromatic N) is 1. The van der Waals surface area contributed by atoms with Crippen molar-refractivity contribution in [2.45, 2.75) is 46.0 Å². The van der Waals surface area contributed by atoms with Gasteiger partial charge in [0.25, 0.3) is 0 Å². The fourth-order valence-electron chi connectivity index (χ4n) is 4.96. The number of halogens is 1. The molecule has 35 heavy (non-hydrogen) atoms. The lowest BCUT2D eigenvalue weighted by Crippen LogP contribution is -2.33. The maximum absolute atomic E-state index is 13.6. The zero-order valence-corrected chi connectivity index (χ0v) is 21.1. The van der Waals surface area contributed by atoms with Crippen LogP contribution >= 0.6 is 0 Å². The molecule has 188 valence electrons. The molecule has 1 aliphatic heterocycles. The average Bonchev–Trinajstić information content (AvgIpc) is 2.88. The summed E-state index contributed by atoms with van der Waals surface area (Å²) >= 11 is 0. The van der Waals surface area contributed by atoms with Crippen LogP contribution in [-0.2, 0) is 16.2 Å². The van der Waals surface area contributed by atoms with E-state index >= 15 is 0 Å². The van der Waals surface area contributed by atoms with Crippen LogP contribution in [0.15, 0.2) is 65.8 Å². The van der Waals surface area contributed by atoms with Gasteiger partial charge in [-0.2, -0.15) is 0 Å². The fraction of sp³-hybridized carbons (Fsp3) is 0.467. The summed E-state index contributed by atoms with van der Waals surface area (Å²) in [5, 5.41) is 0. The summed E-state index contributed by atoms with van der Waals surface area (Å²) in [7, 11) is 0. The first-order chi connectivity index (χ1) is 17.1. The Kier molecular flexibility index (Phi) is 9.52. The molecule has 2 aliphatic rings.